The highest BCUT2D eigenvalue weighted by Gasteiger charge is 2.20. The molecule has 6 nitrogen and oxygen atoms in total. The van der Waals surface area contributed by atoms with E-state index in [2.05, 4.69) is 25.6 Å². The van der Waals surface area contributed by atoms with Crippen LogP contribution in [0, 0.1) is 0 Å². The van der Waals surface area contributed by atoms with Gasteiger partial charge in [-0.1, -0.05) is 6.08 Å². The van der Waals surface area contributed by atoms with Gasteiger partial charge in [-0.2, -0.15) is 0 Å². The van der Waals surface area contributed by atoms with Gasteiger partial charge in [0.1, 0.15) is 11.8 Å². The minimum absolute atomic E-state index is 0.287. The molecule has 0 radical (unpaired) electrons. The van der Waals surface area contributed by atoms with Crippen molar-refractivity contribution in [1.82, 2.24) is 19.5 Å². The van der Waals surface area contributed by atoms with Crippen molar-refractivity contribution in [3.63, 3.8) is 0 Å². The predicted octanol–water partition coefficient (Wildman–Crippen LogP) is 1.32. The maximum atomic E-state index is 5.78. The minimum atomic E-state index is 0.287. The highest BCUT2D eigenvalue weighted by molar-refractivity contribution is 5.81. The van der Waals surface area contributed by atoms with E-state index in [1.54, 1.807) is 13.4 Å². The van der Waals surface area contributed by atoms with Gasteiger partial charge < -0.3 is 15.0 Å². The van der Waals surface area contributed by atoms with Crippen LogP contribution < -0.4 is 5.73 Å². The number of methoxy groups -OCH3 is 1. The Morgan fingerprint density at radius 3 is 3.17 bits per heavy atom. The molecule has 0 saturated carbocycles. The number of ether oxygens (including phenoxy) is 1. The summed E-state index contributed by atoms with van der Waals surface area (Å²) >= 11 is 0. The number of hydrogen-bond acceptors (Lipinski definition) is 5. The molecule has 2 N–H and O–H groups in total. The number of rotatable bonds is 3. The van der Waals surface area contributed by atoms with Gasteiger partial charge in [0.2, 0.25) is 0 Å². The smallest absolute Gasteiger partial charge is 0.165 e. The van der Waals surface area contributed by atoms with E-state index in [9.17, 15) is 0 Å². The number of nitrogen functional groups attached to an aromatic ring is 1. The van der Waals surface area contributed by atoms with Crippen molar-refractivity contribution < 1.29 is 4.74 Å². The van der Waals surface area contributed by atoms with Crippen LogP contribution in [0.2, 0.25) is 0 Å². The lowest BCUT2D eigenvalue weighted by Gasteiger charge is -2.09. The molecule has 1 unspecified atom stereocenters. The molecule has 0 aromatic carbocycles. The molecule has 1 aliphatic rings. The summed E-state index contributed by atoms with van der Waals surface area (Å²) in [6.07, 6.45) is 7.59. The standard InChI is InChI=1S/C12H15N5O/c1-18-5-8-2-3-9(4-8)17-7-16-10-11(13)14-6-15-12(10)17/h4,6-7,9H,2-3,5H2,1H3,(H2,13,14,15). The minimum Gasteiger partial charge on any atom is -0.382 e. The molecule has 18 heavy (non-hydrogen) atoms. The Kier molecular flexibility index (Phi) is 2.71. The summed E-state index contributed by atoms with van der Waals surface area (Å²) in [5, 5.41) is 0. The second-order valence-electron chi connectivity index (χ2n) is 4.45. The molecule has 2 aromatic rings. The first kappa shape index (κ1) is 11.2. The molecule has 0 aliphatic heterocycles. The van der Waals surface area contributed by atoms with E-state index >= 15 is 0 Å². The second kappa shape index (κ2) is 4.38. The Hall–Kier alpha value is -1.95. The van der Waals surface area contributed by atoms with Gasteiger partial charge in [0.05, 0.1) is 19.0 Å². The fraction of sp³-hybridized carbons (Fsp3) is 0.417. The molecule has 2 heterocycles. The lowest BCUT2D eigenvalue weighted by molar-refractivity contribution is 0.224. The van der Waals surface area contributed by atoms with Gasteiger partial charge >= 0.3 is 0 Å². The number of nitrogens with two attached hydrogens (primary N) is 1. The molecular weight excluding hydrogens is 230 g/mol. The summed E-state index contributed by atoms with van der Waals surface area (Å²) in [4.78, 5) is 12.5. The summed E-state index contributed by atoms with van der Waals surface area (Å²) in [5.41, 5.74) is 8.57. The third-order valence-electron chi connectivity index (χ3n) is 3.26. The van der Waals surface area contributed by atoms with E-state index in [-0.39, 0.29) is 6.04 Å². The van der Waals surface area contributed by atoms with Crippen LogP contribution in [0.3, 0.4) is 0 Å². The van der Waals surface area contributed by atoms with E-state index in [4.69, 9.17) is 10.5 Å². The third-order valence-corrected chi connectivity index (χ3v) is 3.26. The SMILES string of the molecule is COCC1=CC(n2cnc3c(N)ncnc32)CC1. The fourth-order valence-electron chi connectivity index (χ4n) is 2.41. The van der Waals surface area contributed by atoms with Crippen LogP contribution in [0.5, 0.6) is 0 Å². The van der Waals surface area contributed by atoms with Crippen molar-refractivity contribution in [2.75, 3.05) is 19.5 Å². The van der Waals surface area contributed by atoms with E-state index in [0.717, 1.165) is 18.5 Å². The maximum absolute atomic E-state index is 5.78. The summed E-state index contributed by atoms with van der Waals surface area (Å²) in [6, 6.07) is 0.287. The van der Waals surface area contributed by atoms with Crippen LogP contribution in [-0.4, -0.2) is 33.2 Å². The lowest BCUT2D eigenvalue weighted by atomic mass is 10.2. The van der Waals surface area contributed by atoms with E-state index < -0.39 is 0 Å². The van der Waals surface area contributed by atoms with E-state index in [1.165, 1.54) is 11.9 Å². The molecule has 1 atom stereocenters. The highest BCUT2D eigenvalue weighted by Crippen LogP contribution is 2.30. The molecule has 3 rings (SSSR count). The summed E-state index contributed by atoms with van der Waals surface area (Å²) in [5.74, 6) is 0.429. The normalized spacial score (nSPS) is 19.4. The molecular formula is C12H15N5O. The fourth-order valence-corrected chi connectivity index (χ4v) is 2.41. The first-order valence-corrected chi connectivity index (χ1v) is 5.91. The Morgan fingerprint density at radius 1 is 1.44 bits per heavy atom. The molecule has 6 heteroatoms. The van der Waals surface area contributed by atoms with Crippen LogP contribution in [0.4, 0.5) is 5.82 Å². The lowest BCUT2D eigenvalue weighted by Crippen LogP contribution is -2.03. The number of aromatic nitrogens is 4. The van der Waals surface area contributed by atoms with Crippen LogP contribution in [0.25, 0.3) is 11.2 Å². The van der Waals surface area contributed by atoms with Crippen molar-refractivity contribution >= 4 is 17.0 Å². The number of allylic oxidation sites excluding steroid dienone is 1. The molecule has 0 amide bonds. The highest BCUT2D eigenvalue weighted by atomic mass is 16.5. The Morgan fingerprint density at radius 2 is 2.33 bits per heavy atom. The summed E-state index contributed by atoms with van der Waals surface area (Å²) < 4.78 is 7.21. The zero-order valence-electron chi connectivity index (χ0n) is 10.2. The third kappa shape index (κ3) is 1.74. The molecule has 0 bridgehead atoms. The van der Waals surface area contributed by atoms with Gasteiger partial charge in [0.15, 0.2) is 11.5 Å². The van der Waals surface area contributed by atoms with Crippen LogP contribution in [-0.2, 0) is 4.74 Å². The van der Waals surface area contributed by atoms with Gasteiger partial charge in [0, 0.05) is 7.11 Å². The first-order valence-electron chi connectivity index (χ1n) is 5.91. The van der Waals surface area contributed by atoms with Gasteiger partial charge in [0.25, 0.3) is 0 Å². The van der Waals surface area contributed by atoms with Crippen LogP contribution in [0.1, 0.15) is 18.9 Å². The number of imidazole rings is 1. The van der Waals surface area contributed by atoms with Crippen molar-refractivity contribution in [1.29, 1.82) is 0 Å². The van der Waals surface area contributed by atoms with Gasteiger partial charge in [-0.15, -0.1) is 0 Å². The monoisotopic (exact) mass is 245 g/mol. The Labute approximate surface area is 105 Å². The number of hydrogen-bond donors (Lipinski definition) is 1. The topological polar surface area (TPSA) is 78.9 Å². The second-order valence-corrected chi connectivity index (χ2v) is 4.45. The number of fused-ring (bicyclic) bond motifs is 1. The Balaban J connectivity index is 1.98. The van der Waals surface area contributed by atoms with Crippen molar-refractivity contribution in [2.45, 2.75) is 18.9 Å². The average molecular weight is 245 g/mol. The quantitative estimate of drug-likeness (QED) is 0.825. The van der Waals surface area contributed by atoms with Gasteiger partial charge in [-0.25, -0.2) is 15.0 Å². The van der Waals surface area contributed by atoms with Crippen molar-refractivity contribution in [2.24, 2.45) is 0 Å². The average Bonchev–Trinajstić information content (AvgIpc) is 2.96. The van der Waals surface area contributed by atoms with Crippen LogP contribution in [0.15, 0.2) is 24.3 Å². The largest absolute Gasteiger partial charge is 0.382 e. The van der Waals surface area contributed by atoms with E-state index in [0.29, 0.717) is 17.9 Å². The number of anilines is 1. The molecule has 0 saturated heterocycles. The van der Waals surface area contributed by atoms with Crippen LogP contribution >= 0.6 is 0 Å². The predicted molar refractivity (Wildman–Crippen MR) is 68.0 cm³/mol. The van der Waals surface area contributed by atoms with Gasteiger partial charge in [-0.3, -0.25) is 0 Å². The van der Waals surface area contributed by atoms with Crippen molar-refractivity contribution in [3.8, 4) is 0 Å². The molecule has 0 spiro atoms. The van der Waals surface area contributed by atoms with Gasteiger partial charge in [-0.05, 0) is 18.4 Å². The maximum Gasteiger partial charge on any atom is 0.165 e. The zero-order valence-corrected chi connectivity index (χ0v) is 10.2. The molecule has 1 aliphatic carbocycles. The first-order chi connectivity index (χ1) is 8.79. The molecule has 94 valence electrons. The van der Waals surface area contributed by atoms with E-state index in [1.807, 2.05) is 0 Å². The molecule has 2 aromatic heterocycles. The summed E-state index contributed by atoms with van der Waals surface area (Å²) in [7, 11) is 1.72. The number of nitrogens with zero attached hydrogens (tertiary/aromatic N) is 4. The Bertz CT molecular complexity index is 604. The molecule has 0 fully saturated rings. The summed E-state index contributed by atoms with van der Waals surface area (Å²) in [6.45, 7) is 0.695. The zero-order chi connectivity index (χ0) is 12.5. The van der Waals surface area contributed by atoms with Crippen molar-refractivity contribution in [3.05, 3.63) is 24.3 Å².